The molecule has 20 heavy (non-hydrogen) atoms. The largest absolute Gasteiger partial charge is 0.370 e. The van der Waals surface area contributed by atoms with Crippen LogP contribution in [0.2, 0.25) is 10.0 Å². The lowest BCUT2D eigenvalue weighted by Gasteiger charge is -2.11. The molecule has 1 aliphatic carbocycles. The Labute approximate surface area is 128 Å². The molecule has 1 aromatic heterocycles. The summed E-state index contributed by atoms with van der Waals surface area (Å²) in [6.07, 6.45) is 3.22. The molecule has 0 fully saturated rings. The molecule has 2 aromatic rings. The Balaban J connectivity index is 2.09. The van der Waals surface area contributed by atoms with Gasteiger partial charge in [-0.15, -0.1) is 0 Å². The quantitative estimate of drug-likeness (QED) is 0.915. The maximum absolute atomic E-state index is 6.08. The summed E-state index contributed by atoms with van der Waals surface area (Å²) in [6, 6.07) is 5.50. The number of fused-ring (bicyclic) bond motifs is 1. The van der Waals surface area contributed by atoms with Gasteiger partial charge in [0, 0.05) is 23.4 Å². The zero-order chi connectivity index (χ0) is 14.1. The molecule has 0 atom stereocenters. The standard InChI is InChI=1S/C15H15Cl2N3/c1-2-18-15-10-4-3-5-13(10)19-14(20-15)9-6-7-11(16)12(17)8-9/h6-8H,2-5H2,1H3,(H,18,19,20). The third kappa shape index (κ3) is 2.48. The molecule has 5 heteroatoms. The lowest BCUT2D eigenvalue weighted by Crippen LogP contribution is -2.06. The van der Waals surface area contributed by atoms with Crippen molar-refractivity contribution in [1.82, 2.24) is 9.97 Å². The van der Waals surface area contributed by atoms with E-state index in [1.54, 1.807) is 6.07 Å². The number of nitrogens with zero attached hydrogens (tertiary/aromatic N) is 2. The predicted octanol–water partition coefficient (Wildman–Crippen LogP) is 4.37. The molecule has 0 radical (unpaired) electrons. The van der Waals surface area contributed by atoms with Crippen LogP contribution in [0.1, 0.15) is 24.6 Å². The highest BCUT2D eigenvalue weighted by atomic mass is 35.5. The molecule has 3 nitrogen and oxygen atoms in total. The van der Waals surface area contributed by atoms with Crippen LogP contribution in [0, 0.1) is 0 Å². The summed E-state index contributed by atoms with van der Waals surface area (Å²) in [6.45, 7) is 2.92. The molecule has 0 saturated carbocycles. The number of nitrogens with one attached hydrogen (secondary N) is 1. The zero-order valence-electron chi connectivity index (χ0n) is 11.2. The van der Waals surface area contributed by atoms with Crippen LogP contribution in [0.5, 0.6) is 0 Å². The van der Waals surface area contributed by atoms with Crippen molar-refractivity contribution in [3.63, 3.8) is 0 Å². The van der Waals surface area contributed by atoms with Crippen LogP contribution < -0.4 is 5.32 Å². The van der Waals surface area contributed by atoms with Crippen molar-refractivity contribution in [2.24, 2.45) is 0 Å². The van der Waals surface area contributed by atoms with Gasteiger partial charge in [-0.2, -0.15) is 0 Å². The highest BCUT2D eigenvalue weighted by Crippen LogP contribution is 2.31. The van der Waals surface area contributed by atoms with Gasteiger partial charge in [0.2, 0.25) is 0 Å². The van der Waals surface area contributed by atoms with Gasteiger partial charge in [-0.3, -0.25) is 0 Å². The highest BCUT2D eigenvalue weighted by molar-refractivity contribution is 6.42. The minimum Gasteiger partial charge on any atom is -0.370 e. The van der Waals surface area contributed by atoms with Crippen molar-refractivity contribution < 1.29 is 0 Å². The number of anilines is 1. The number of rotatable bonds is 3. The number of aryl methyl sites for hydroxylation is 1. The van der Waals surface area contributed by atoms with Crippen molar-refractivity contribution in [2.75, 3.05) is 11.9 Å². The van der Waals surface area contributed by atoms with Crippen LogP contribution >= 0.6 is 23.2 Å². The summed E-state index contributed by atoms with van der Waals surface area (Å²) in [7, 11) is 0. The summed E-state index contributed by atoms with van der Waals surface area (Å²) in [5.41, 5.74) is 3.31. The van der Waals surface area contributed by atoms with Crippen LogP contribution in [-0.4, -0.2) is 16.5 Å². The first-order valence-corrected chi connectivity index (χ1v) is 7.53. The first-order valence-electron chi connectivity index (χ1n) is 6.78. The second-order valence-corrected chi connectivity index (χ2v) is 5.65. The molecule has 0 aliphatic heterocycles. The Morgan fingerprint density at radius 3 is 2.75 bits per heavy atom. The van der Waals surface area contributed by atoms with Gasteiger partial charge >= 0.3 is 0 Å². The van der Waals surface area contributed by atoms with E-state index in [1.165, 1.54) is 5.56 Å². The molecule has 0 saturated heterocycles. The second-order valence-electron chi connectivity index (χ2n) is 4.83. The Hall–Kier alpha value is -1.32. The molecule has 0 amide bonds. The topological polar surface area (TPSA) is 37.8 Å². The van der Waals surface area contributed by atoms with E-state index in [0.717, 1.165) is 42.9 Å². The normalized spacial score (nSPS) is 13.3. The lowest BCUT2D eigenvalue weighted by atomic mass is 10.2. The van der Waals surface area contributed by atoms with Gasteiger partial charge in [-0.25, -0.2) is 9.97 Å². The molecule has 1 aliphatic rings. The number of benzene rings is 1. The van der Waals surface area contributed by atoms with Crippen LogP contribution in [0.25, 0.3) is 11.4 Å². The summed E-state index contributed by atoms with van der Waals surface area (Å²) < 4.78 is 0. The van der Waals surface area contributed by atoms with E-state index in [2.05, 4.69) is 22.2 Å². The van der Waals surface area contributed by atoms with Crippen LogP contribution in [-0.2, 0) is 12.8 Å². The van der Waals surface area contributed by atoms with Crippen molar-refractivity contribution >= 4 is 29.0 Å². The maximum atomic E-state index is 6.08. The van der Waals surface area contributed by atoms with Crippen molar-refractivity contribution in [3.8, 4) is 11.4 Å². The maximum Gasteiger partial charge on any atom is 0.161 e. The zero-order valence-corrected chi connectivity index (χ0v) is 12.7. The van der Waals surface area contributed by atoms with Crippen LogP contribution in [0.3, 0.4) is 0 Å². The molecule has 104 valence electrons. The van der Waals surface area contributed by atoms with Gasteiger partial charge in [-0.05, 0) is 44.4 Å². The first kappa shape index (κ1) is 13.7. The molecule has 0 spiro atoms. The van der Waals surface area contributed by atoms with Crippen LogP contribution in [0.15, 0.2) is 18.2 Å². The molecular weight excluding hydrogens is 293 g/mol. The minimum atomic E-state index is 0.526. The smallest absolute Gasteiger partial charge is 0.161 e. The summed E-state index contributed by atoms with van der Waals surface area (Å²) in [4.78, 5) is 9.34. The third-order valence-corrected chi connectivity index (χ3v) is 4.19. The molecular formula is C15H15Cl2N3. The summed E-state index contributed by atoms with van der Waals surface area (Å²) in [5.74, 6) is 1.66. The highest BCUT2D eigenvalue weighted by Gasteiger charge is 2.19. The van der Waals surface area contributed by atoms with Crippen molar-refractivity contribution in [2.45, 2.75) is 26.2 Å². The van der Waals surface area contributed by atoms with E-state index in [1.807, 2.05) is 12.1 Å². The molecule has 1 aromatic carbocycles. The lowest BCUT2D eigenvalue weighted by molar-refractivity contribution is 0.900. The van der Waals surface area contributed by atoms with E-state index in [9.17, 15) is 0 Å². The van der Waals surface area contributed by atoms with E-state index in [4.69, 9.17) is 23.2 Å². The van der Waals surface area contributed by atoms with E-state index in [0.29, 0.717) is 15.9 Å². The van der Waals surface area contributed by atoms with Crippen molar-refractivity contribution in [1.29, 1.82) is 0 Å². The number of aromatic nitrogens is 2. The molecule has 0 unspecified atom stereocenters. The fraction of sp³-hybridized carbons (Fsp3) is 0.333. The van der Waals surface area contributed by atoms with Gasteiger partial charge in [0.05, 0.1) is 10.0 Å². The molecule has 0 bridgehead atoms. The average Bonchev–Trinajstić information content (AvgIpc) is 2.90. The monoisotopic (exact) mass is 307 g/mol. The van der Waals surface area contributed by atoms with E-state index in [-0.39, 0.29) is 0 Å². The summed E-state index contributed by atoms with van der Waals surface area (Å²) >= 11 is 12.0. The van der Waals surface area contributed by atoms with Crippen molar-refractivity contribution in [3.05, 3.63) is 39.5 Å². The second kappa shape index (κ2) is 5.58. The number of hydrogen-bond acceptors (Lipinski definition) is 3. The fourth-order valence-electron chi connectivity index (χ4n) is 2.51. The molecule has 1 heterocycles. The number of hydrogen-bond donors (Lipinski definition) is 1. The van der Waals surface area contributed by atoms with Gasteiger partial charge in [-0.1, -0.05) is 23.2 Å². The fourth-order valence-corrected chi connectivity index (χ4v) is 2.81. The van der Waals surface area contributed by atoms with Gasteiger partial charge in [0.1, 0.15) is 5.82 Å². The van der Waals surface area contributed by atoms with Crippen LogP contribution in [0.4, 0.5) is 5.82 Å². The van der Waals surface area contributed by atoms with E-state index >= 15 is 0 Å². The molecule has 3 rings (SSSR count). The third-order valence-electron chi connectivity index (χ3n) is 3.46. The Morgan fingerprint density at radius 2 is 2.00 bits per heavy atom. The van der Waals surface area contributed by atoms with Gasteiger partial charge in [0.25, 0.3) is 0 Å². The summed E-state index contributed by atoms with van der Waals surface area (Å²) in [5, 5.41) is 4.40. The Kier molecular flexibility index (Phi) is 3.81. The Morgan fingerprint density at radius 1 is 1.15 bits per heavy atom. The molecule has 1 N–H and O–H groups in total. The van der Waals surface area contributed by atoms with Gasteiger partial charge < -0.3 is 5.32 Å². The number of halogens is 2. The minimum absolute atomic E-state index is 0.526. The Bertz CT molecular complexity index is 656. The average molecular weight is 308 g/mol. The van der Waals surface area contributed by atoms with Gasteiger partial charge in [0.15, 0.2) is 5.82 Å². The predicted molar refractivity (Wildman–Crippen MR) is 83.7 cm³/mol. The first-order chi connectivity index (χ1) is 9.69. The van der Waals surface area contributed by atoms with E-state index < -0.39 is 0 Å². The SMILES string of the molecule is CCNc1nc(-c2ccc(Cl)c(Cl)c2)nc2c1CCC2.